The summed E-state index contributed by atoms with van der Waals surface area (Å²) in [6, 6.07) is 7.89. The monoisotopic (exact) mass is 371 g/mol. The number of fused-ring (bicyclic) bond motifs is 2. The van der Waals surface area contributed by atoms with Crippen molar-refractivity contribution >= 4 is 44.9 Å². The van der Waals surface area contributed by atoms with E-state index in [9.17, 15) is 9.59 Å². The first-order valence-electron chi connectivity index (χ1n) is 8.03. The molecule has 0 radical (unpaired) electrons. The second-order valence-electron chi connectivity index (χ2n) is 6.00. The molecular weight excluding hydrogens is 354 g/mol. The second-order valence-corrected chi connectivity index (χ2v) is 8.34. The minimum atomic E-state index is -0.139. The van der Waals surface area contributed by atoms with Crippen molar-refractivity contribution in [3.05, 3.63) is 51.4 Å². The minimum absolute atomic E-state index is 0.00904. The van der Waals surface area contributed by atoms with Gasteiger partial charge >= 0.3 is 0 Å². The number of aryl methyl sites for hydroxylation is 2. The van der Waals surface area contributed by atoms with Gasteiger partial charge in [-0.15, -0.1) is 23.1 Å². The molecule has 1 aliphatic rings. The van der Waals surface area contributed by atoms with Crippen LogP contribution in [-0.2, 0) is 11.3 Å². The van der Waals surface area contributed by atoms with Crippen LogP contribution in [0.1, 0.15) is 10.4 Å². The summed E-state index contributed by atoms with van der Waals surface area (Å²) in [4.78, 5) is 34.7. The molecule has 0 unspecified atom stereocenters. The van der Waals surface area contributed by atoms with E-state index in [0.717, 1.165) is 31.6 Å². The van der Waals surface area contributed by atoms with Crippen LogP contribution in [0.2, 0.25) is 0 Å². The number of benzene rings is 1. The van der Waals surface area contributed by atoms with Crippen molar-refractivity contribution in [1.29, 1.82) is 0 Å². The van der Waals surface area contributed by atoms with Crippen molar-refractivity contribution in [2.24, 2.45) is 0 Å². The summed E-state index contributed by atoms with van der Waals surface area (Å²) in [6.07, 6.45) is 1.49. The fraction of sp³-hybridized carbons (Fsp3) is 0.278. The summed E-state index contributed by atoms with van der Waals surface area (Å²) in [6.45, 7) is 4.58. The number of anilines is 1. The molecule has 0 bridgehead atoms. The largest absolute Gasteiger partial charge is 0.309 e. The molecule has 128 valence electrons. The maximum Gasteiger partial charge on any atom is 0.262 e. The van der Waals surface area contributed by atoms with Gasteiger partial charge in [-0.2, -0.15) is 0 Å². The Labute approximate surface area is 153 Å². The zero-order valence-corrected chi connectivity index (χ0v) is 15.6. The molecule has 0 spiro atoms. The topological polar surface area (TPSA) is 55.2 Å². The highest BCUT2D eigenvalue weighted by Gasteiger charge is 2.23. The summed E-state index contributed by atoms with van der Waals surface area (Å²) >= 11 is 3.27. The van der Waals surface area contributed by atoms with Crippen LogP contribution in [-0.4, -0.2) is 27.8 Å². The average molecular weight is 371 g/mol. The van der Waals surface area contributed by atoms with E-state index in [1.807, 2.05) is 38.1 Å². The van der Waals surface area contributed by atoms with Crippen molar-refractivity contribution < 1.29 is 4.79 Å². The van der Waals surface area contributed by atoms with Crippen LogP contribution in [0, 0.1) is 13.8 Å². The van der Waals surface area contributed by atoms with Crippen LogP contribution in [0.3, 0.4) is 0 Å². The average Bonchev–Trinajstić information content (AvgIpc) is 2.92. The van der Waals surface area contributed by atoms with E-state index in [1.54, 1.807) is 16.7 Å². The number of hydrogen-bond acceptors (Lipinski definition) is 5. The molecule has 2 aromatic heterocycles. The lowest BCUT2D eigenvalue weighted by atomic mass is 10.2. The predicted molar refractivity (Wildman–Crippen MR) is 103 cm³/mol. The van der Waals surface area contributed by atoms with Gasteiger partial charge < -0.3 is 4.90 Å². The summed E-state index contributed by atoms with van der Waals surface area (Å²) in [7, 11) is 0. The number of carbonyl (C=O) groups excluding carboxylic acids is 1. The number of hydrogen-bond donors (Lipinski definition) is 0. The SMILES string of the molecule is Cc1sc2ncn(CC(=O)N3CCSc4ccccc43)c(=O)c2c1C. The van der Waals surface area contributed by atoms with E-state index in [4.69, 9.17) is 0 Å². The highest BCUT2D eigenvalue weighted by molar-refractivity contribution is 7.99. The van der Waals surface area contributed by atoms with Gasteiger partial charge in [0.1, 0.15) is 11.4 Å². The standard InChI is InChI=1S/C18H17N3O2S2/c1-11-12(2)25-17-16(11)18(23)20(10-19-17)9-15(22)21-7-8-24-14-6-4-3-5-13(14)21/h3-6,10H,7-9H2,1-2H3. The van der Waals surface area contributed by atoms with Crippen LogP contribution in [0.5, 0.6) is 0 Å². The van der Waals surface area contributed by atoms with Gasteiger partial charge in [-0.25, -0.2) is 4.98 Å². The molecule has 0 aliphatic carbocycles. The van der Waals surface area contributed by atoms with Crippen molar-refractivity contribution in [1.82, 2.24) is 9.55 Å². The maximum atomic E-state index is 12.8. The van der Waals surface area contributed by atoms with Crippen LogP contribution >= 0.6 is 23.1 Å². The van der Waals surface area contributed by atoms with E-state index in [-0.39, 0.29) is 18.0 Å². The van der Waals surface area contributed by atoms with E-state index < -0.39 is 0 Å². The summed E-state index contributed by atoms with van der Waals surface area (Å²) < 4.78 is 1.42. The van der Waals surface area contributed by atoms with Gasteiger partial charge in [0.2, 0.25) is 5.91 Å². The molecule has 3 aromatic rings. The van der Waals surface area contributed by atoms with Crippen LogP contribution in [0.15, 0.2) is 40.3 Å². The molecule has 0 fully saturated rings. The van der Waals surface area contributed by atoms with Gasteiger partial charge in [-0.3, -0.25) is 14.2 Å². The van der Waals surface area contributed by atoms with Crippen LogP contribution in [0.25, 0.3) is 10.2 Å². The molecule has 1 aliphatic heterocycles. The Morgan fingerprint density at radius 3 is 2.92 bits per heavy atom. The highest BCUT2D eigenvalue weighted by atomic mass is 32.2. The Bertz CT molecular complexity index is 1040. The number of aromatic nitrogens is 2. The number of thioether (sulfide) groups is 1. The smallest absolute Gasteiger partial charge is 0.262 e. The fourth-order valence-electron chi connectivity index (χ4n) is 3.04. The first-order valence-corrected chi connectivity index (χ1v) is 9.84. The molecule has 3 heterocycles. The van der Waals surface area contributed by atoms with Crippen LogP contribution < -0.4 is 10.5 Å². The van der Waals surface area contributed by atoms with Gasteiger partial charge in [0, 0.05) is 22.1 Å². The molecule has 4 rings (SSSR count). The molecule has 0 saturated carbocycles. The van der Waals surface area contributed by atoms with Crippen molar-refractivity contribution in [2.75, 3.05) is 17.2 Å². The Morgan fingerprint density at radius 1 is 1.28 bits per heavy atom. The zero-order valence-electron chi connectivity index (χ0n) is 14.0. The second kappa shape index (κ2) is 6.31. The van der Waals surface area contributed by atoms with Crippen molar-refractivity contribution in [3.63, 3.8) is 0 Å². The Morgan fingerprint density at radius 2 is 2.08 bits per heavy atom. The molecular formula is C18H17N3O2S2. The van der Waals surface area contributed by atoms with Crippen LogP contribution in [0.4, 0.5) is 5.69 Å². The molecule has 1 amide bonds. The number of nitrogens with zero attached hydrogens (tertiary/aromatic N) is 3. The molecule has 1 aromatic carbocycles. The quantitative estimate of drug-likeness (QED) is 0.694. The number of para-hydroxylation sites is 1. The van der Waals surface area contributed by atoms with Gasteiger partial charge in [0.15, 0.2) is 0 Å². The Kier molecular flexibility index (Phi) is 4.13. The number of rotatable bonds is 2. The van der Waals surface area contributed by atoms with Gasteiger partial charge in [0.05, 0.1) is 17.4 Å². The number of carbonyl (C=O) groups is 1. The van der Waals surface area contributed by atoms with Gasteiger partial charge in [-0.1, -0.05) is 12.1 Å². The lowest BCUT2D eigenvalue weighted by Crippen LogP contribution is -2.39. The summed E-state index contributed by atoms with van der Waals surface area (Å²) in [5.74, 6) is 0.776. The van der Waals surface area contributed by atoms with Crippen molar-refractivity contribution in [3.8, 4) is 0 Å². The third-order valence-electron chi connectivity index (χ3n) is 4.49. The van der Waals surface area contributed by atoms with E-state index >= 15 is 0 Å². The Hall–Kier alpha value is -2.12. The molecule has 7 heteroatoms. The van der Waals surface area contributed by atoms with Crippen molar-refractivity contribution in [2.45, 2.75) is 25.3 Å². The normalized spacial score (nSPS) is 13.9. The fourth-order valence-corrected chi connectivity index (χ4v) is 5.02. The minimum Gasteiger partial charge on any atom is -0.309 e. The third kappa shape index (κ3) is 2.77. The van der Waals surface area contributed by atoms with Gasteiger partial charge in [0.25, 0.3) is 5.56 Å². The summed E-state index contributed by atoms with van der Waals surface area (Å²) in [5.41, 5.74) is 1.74. The van der Waals surface area contributed by atoms with E-state index in [2.05, 4.69) is 4.98 Å². The van der Waals surface area contributed by atoms with Gasteiger partial charge in [-0.05, 0) is 31.5 Å². The molecule has 25 heavy (non-hydrogen) atoms. The lowest BCUT2D eigenvalue weighted by molar-refractivity contribution is -0.119. The molecule has 0 saturated heterocycles. The first-order chi connectivity index (χ1) is 12.1. The van der Waals surface area contributed by atoms with E-state index in [0.29, 0.717) is 11.9 Å². The molecule has 0 N–H and O–H groups in total. The first kappa shape index (κ1) is 16.4. The molecule has 0 atom stereocenters. The number of thiophene rings is 1. The van der Waals surface area contributed by atoms with E-state index in [1.165, 1.54) is 22.2 Å². The predicted octanol–water partition coefficient (Wildman–Crippen LogP) is 3.21. The molecule has 5 nitrogen and oxygen atoms in total. The highest BCUT2D eigenvalue weighted by Crippen LogP contribution is 2.34. The Balaban J connectivity index is 1.68. The summed E-state index contributed by atoms with van der Waals surface area (Å²) in [5, 5.41) is 0.632. The number of amides is 1. The lowest BCUT2D eigenvalue weighted by Gasteiger charge is -2.29. The maximum absolute atomic E-state index is 12.8. The zero-order chi connectivity index (χ0) is 17.6. The third-order valence-corrected chi connectivity index (χ3v) is 6.65.